The molecule has 5 amide bonds. The molecular weight excluding hydrogens is 954 g/mol. The largest absolute Gasteiger partial charge is 0.371 e. The van der Waals surface area contributed by atoms with E-state index in [4.69, 9.17) is 4.74 Å². The highest BCUT2D eigenvalue weighted by Crippen LogP contribution is 2.32. The molecule has 0 spiro atoms. The molecular formula is C58H74FN9O7. The van der Waals surface area contributed by atoms with Gasteiger partial charge in [0.15, 0.2) is 0 Å². The average Bonchev–Trinajstić information content (AvgIpc) is 4.29. The SMILES string of the molecule is O=C(N[C@@H](C(=O)N1CCN(CC2CCN(CC(=O)N3CCN(C(=O)c4cc(Cc5n[nH]c(=O)c6ccccc56)ccc4F)CC3)CC2)CC1)C1CCCCC1)c1cccc(C2CCCN(C(=O)COCC3CC3)C2)c1. The number of piperazine rings is 2. The van der Waals surface area contributed by atoms with Crippen molar-refractivity contribution in [1.29, 1.82) is 0 Å². The fourth-order valence-electron chi connectivity index (χ4n) is 12.2. The van der Waals surface area contributed by atoms with Crippen molar-refractivity contribution in [3.8, 4) is 0 Å². The summed E-state index contributed by atoms with van der Waals surface area (Å²) in [5.74, 6) is 0.204. The van der Waals surface area contributed by atoms with E-state index in [1.165, 1.54) is 18.9 Å². The summed E-state index contributed by atoms with van der Waals surface area (Å²) in [6.07, 6.45) is 11.6. The highest BCUT2D eigenvalue weighted by atomic mass is 19.1. The summed E-state index contributed by atoms with van der Waals surface area (Å²) in [7, 11) is 0. The number of aromatic amines is 1. The van der Waals surface area contributed by atoms with Crippen LogP contribution in [-0.2, 0) is 25.5 Å². The number of nitrogens with one attached hydrogen (secondary N) is 2. The number of carbonyl (C=O) groups is 5. The third-order valence-corrected chi connectivity index (χ3v) is 16.9. The van der Waals surface area contributed by atoms with Crippen LogP contribution >= 0.6 is 0 Å². The molecule has 75 heavy (non-hydrogen) atoms. The minimum Gasteiger partial charge on any atom is -0.371 e. The molecule has 4 saturated heterocycles. The Morgan fingerprint density at radius 2 is 1.41 bits per heavy atom. The zero-order valence-electron chi connectivity index (χ0n) is 43.4. The lowest BCUT2D eigenvalue weighted by Gasteiger charge is -2.41. The van der Waals surface area contributed by atoms with Crippen LogP contribution in [0.2, 0.25) is 0 Å². The van der Waals surface area contributed by atoms with E-state index in [0.717, 1.165) is 103 Å². The summed E-state index contributed by atoms with van der Waals surface area (Å²) >= 11 is 0. The molecule has 5 heterocycles. The second-order valence-electron chi connectivity index (χ2n) is 22.2. The van der Waals surface area contributed by atoms with Gasteiger partial charge in [0, 0.05) is 95.3 Å². The van der Waals surface area contributed by atoms with Crippen LogP contribution in [-0.4, -0.2) is 180 Å². The highest BCUT2D eigenvalue weighted by Gasteiger charge is 2.37. The van der Waals surface area contributed by atoms with Crippen LogP contribution in [0.5, 0.6) is 0 Å². The molecule has 0 radical (unpaired) electrons. The topological polar surface area (TPSA) is 172 Å². The lowest BCUT2D eigenvalue weighted by Crippen LogP contribution is -2.57. The predicted octanol–water partition coefficient (Wildman–Crippen LogP) is 5.31. The Balaban J connectivity index is 0.652. The molecule has 4 aliphatic heterocycles. The molecule has 6 fully saturated rings. The van der Waals surface area contributed by atoms with Crippen LogP contribution in [0, 0.1) is 23.6 Å². The van der Waals surface area contributed by atoms with Crippen LogP contribution < -0.4 is 10.9 Å². The van der Waals surface area contributed by atoms with Crippen LogP contribution in [0.4, 0.5) is 4.39 Å². The number of rotatable bonds is 16. The molecule has 2 atom stereocenters. The van der Waals surface area contributed by atoms with E-state index in [-0.39, 0.29) is 53.2 Å². The molecule has 400 valence electrons. The standard InChI is InChI=1S/C58H74FN9O7/c59-50-18-17-42(33-51-47-13-4-5-14-48(47)56(72)62-61-51)32-49(50)57(73)66-30-28-65(29-31-66)52(69)37-63-22-19-40(20-23-63)35-64-24-26-67(27-25-64)58(74)54(43-8-2-1-3-9-43)60-55(71)45-11-6-10-44(34-45)46-12-7-21-68(36-46)53(70)39-75-38-41-15-16-41/h4-6,10-11,13-14,17-18,32,34,40-41,43,46,54H,1-3,7-9,12,15-16,19-31,33,35-39H2,(H,60,71)(H,62,72)/t46?,54-/m1/s1. The van der Waals surface area contributed by atoms with E-state index in [1.807, 2.05) is 45.0 Å². The summed E-state index contributed by atoms with van der Waals surface area (Å²) in [6, 6.07) is 18.9. The fourth-order valence-corrected chi connectivity index (χ4v) is 12.2. The van der Waals surface area contributed by atoms with Gasteiger partial charge in [-0.3, -0.25) is 38.6 Å². The number of amides is 5. The third-order valence-electron chi connectivity index (χ3n) is 16.9. The molecule has 4 aromatic rings. The number of likely N-dealkylation sites (tertiary alicyclic amines) is 2. The fraction of sp³-hybridized carbons (Fsp3) is 0.569. The molecule has 1 unspecified atom stereocenters. The van der Waals surface area contributed by atoms with Crippen LogP contribution in [0.25, 0.3) is 10.8 Å². The Morgan fingerprint density at radius 3 is 2.17 bits per heavy atom. The first-order valence-corrected chi connectivity index (χ1v) is 27.8. The number of hydrogen-bond acceptors (Lipinski definition) is 10. The highest BCUT2D eigenvalue weighted by molar-refractivity contribution is 5.98. The van der Waals surface area contributed by atoms with Crippen molar-refractivity contribution in [2.45, 2.75) is 89.0 Å². The molecule has 6 aliphatic rings. The number of H-pyrrole nitrogens is 1. The molecule has 2 saturated carbocycles. The normalized spacial score (nSPS) is 21.1. The maximum atomic E-state index is 15.1. The van der Waals surface area contributed by atoms with Gasteiger partial charge >= 0.3 is 0 Å². The first-order valence-electron chi connectivity index (χ1n) is 27.8. The monoisotopic (exact) mass is 1030 g/mol. The van der Waals surface area contributed by atoms with Gasteiger partial charge in [-0.15, -0.1) is 0 Å². The summed E-state index contributed by atoms with van der Waals surface area (Å²) in [6.45, 7) is 9.26. The average molecular weight is 1030 g/mol. The van der Waals surface area contributed by atoms with Crippen molar-refractivity contribution >= 4 is 40.3 Å². The second-order valence-corrected chi connectivity index (χ2v) is 22.2. The Labute approximate surface area is 439 Å². The summed E-state index contributed by atoms with van der Waals surface area (Å²) < 4.78 is 20.8. The predicted molar refractivity (Wildman–Crippen MR) is 283 cm³/mol. The van der Waals surface area contributed by atoms with Crippen LogP contribution in [0.3, 0.4) is 0 Å². The molecule has 17 heteroatoms. The van der Waals surface area contributed by atoms with Gasteiger partial charge in [0.05, 0.1) is 29.8 Å². The Hall–Kier alpha value is -6.04. The number of carbonyl (C=O) groups excluding carboxylic acids is 5. The number of benzene rings is 3. The molecule has 10 rings (SSSR count). The first-order chi connectivity index (χ1) is 36.5. The molecule has 16 nitrogen and oxygen atoms in total. The summed E-state index contributed by atoms with van der Waals surface area (Å²) in [5, 5.41) is 11.2. The maximum absolute atomic E-state index is 15.1. The number of piperidine rings is 2. The molecule has 0 bridgehead atoms. The molecule has 3 aromatic carbocycles. The Morgan fingerprint density at radius 1 is 0.680 bits per heavy atom. The lowest BCUT2D eigenvalue weighted by atomic mass is 9.83. The number of hydrogen-bond donors (Lipinski definition) is 2. The second kappa shape index (κ2) is 24.3. The Bertz CT molecular complexity index is 2740. The number of halogens is 1. The molecule has 1 aromatic heterocycles. The van der Waals surface area contributed by atoms with Gasteiger partial charge in [-0.05, 0) is 124 Å². The van der Waals surface area contributed by atoms with E-state index in [1.54, 1.807) is 29.2 Å². The van der Waals surface area contributed by atoms with Crippen molar-refractivity contribution in [3.05, 3.63) is 111 Å². The Kier molecular flexibility index (Phi) is 17.0. The minimum absolute atomic E-state index is 0.0219. The van der Waals surface area contributed by atoms with Crippen molar-refractivity contribution < 1.29 is 33.1 Å². The zero-order chi connectivity index (χ0) is 51.8. The summed E-state index contributed by atoms with van der Waals surface area (Å²) in [5.41, 5.74) is 2.61. The van der Waals surface area contributed by atoms with E-state index in [0.29, 0.717) is 105 Å². The number of nitrogens with zero attached hydrogens (tertiary/aromatic N) is 7. The number of ether oxygens (including phenoxy) is 1. The van der Waals surface area contributed by atoms with E-state index < -0.39 is 17.8 Å². The maximum Gasteiger partial charge on any atom is 0.272 e. The zero-order valence-corrected chi connectivity index (χ0v) is 43.4. The van der Waals surface area contributed by atoms with Crippen molar-refractivity contribution in [2.24, 2.45) is 17.8 Å². The van der Waals surface area contributed by atoms with Gasteiger partial charge in [-0.1, -0.05) is 55.7 Å². The van der Waals surface area contributed by atoms with Crippen molar-refractivity contribution in [3.63, 3.8) is 0 Å². The van der Waals surface area contributed by atoms with Crippen LogP contribution in [0.1, 0.15) is 114 Å². The van der Waals surface area contributed by atoms with Crippen molar-refractivity contribution in [1.82, 2.24) is 44.9 Å². The van der Waals surface area contributed by atoms with Crippen molar-refractivity contribution in [2.75, 3.05) is 105 Å². The quantitative estimate of drug-likeness (QED) is 0.150. The smallest absolute Gasteiger partial charge is 0.272 e. The van der Waals surface area contributed by atoms with Gasteiger partial charge in [0.1, 0.15) is 18.5 Å². The summed E-state index contributed by atoms with van der Waals surface area (Å²) in [4.78, 5) is 92.9. The van der Waals surface area contributed by atoms with E-state index in [2.05, 4.69) is 31.4 Å². The van der Waals surface area contributed by atoms with Gasteiger partial charge in [0.2, 0.25) is 17.7 Å². The number of fused-ring (bicyclic) bond motifs is 1. The number of aromatic nitrogens is 2. The third kappa shape index (κ3) is 13.1. The molecule has 2 aliphatic carbocycles. The van der Waals surface area contributed by atoms with Gasteiger partial charge in [-0.25, -0.2) is 9.49 Å². The first kappa shape index (κ1) is 52.4. The molecule has 2 N–H and O–H groups in total. The lowest BCUT2D eigenvalue weighted by molar-refractivity contribution is -0.138. The minimum atomic E-state index is -0.606. The van der Waals surface area contributed by atoms with Gasteiger partial charge < -0.3 is 29.7 Å². The van der Waals surface area contributed by atoms with Gasteiger partial charge in [-0.2, -0.15) is 5.10 Å². The van der Waals surface area contributed by atoms with E-state index >= 15 is 4.39 Å². The van der Waals surface area contributed by atoms with E-state index in [9.17, 15) is 28.8 Å². The van der Waals surface area contributed by atoms with Gasteiger partial charge in [0.25, 0.3) is 17.4 Å². The van der Waals surface area contributed by atoms with Crippen LogP contribution in [0.15, 0.2) is 71.5 Å².